The molecule has 46 heteroatoms. The SMILES string of the molecule is CC(C)C[C@H](NC(=O)[C@H](Cc1c[nH]cn1)NC(=O)[C@H](Cc1ccccc1)NC(=O)[C@H](CCC(=O)O)NC(=O)[C@H](Cc1c[nH]cn1)NC(=O)[C@@H](NC(=O)[C@H](CCC(=O)O)NC(=O)[C@H](Cc1ccc(O)cc1)NC(=O)[C@H](CC(=O)O)NC(=O)[C@@H](NC(=O)[C@@H](N)CO)[C@@H](C)O)[C@@H](C)O)C(=O)N1CCC[C@H]1C(=O)N[C@@H](CO)C(=O)NCC(=O)N[C@H](C(=O)O)C(C)C. The Morgan fingerprint density at radius 3 is 1.32 bits per heavy atom. The summed E-state index contributed by atoms with van der Waals surface area (Å²) in [6.07, 6.45) is -4.65. The van der Waals surface area contributed by atoms with Crippen LogP contribution < -0.4 is 74.9 Å². The van der Waals surface area contributed by atoms with Gasteiger partial charge in [0.1, 0.15) is 90.3 Å². The number of hydrogen-bond donors (Lipinski definition) is 25. The molecule has 122 heavy (non-hydrogen) atoms. The number of phenolic OH excluding ortho intramolecular Hbond substituents is 1. The van der Waals surface area contributed by atoms with E-state index in [1.807, 2.05) is 0 Å². The number of imidazole rings is 2. The summed E-state index contributed by atoms with van der Waals surface area (Å²) in [6, 6.07) is -11.6. The highest BCUT2D eigenvalue weighted by atomic mass is 16.4. The van der Waals surface area contributed by atoms with Crippen LogP contribution in [0, 0.1) is 11.8 Å². The monoisotopic (exact) mass is 1720 g/mol. The highest BCUT2D eigenvalue weighted by molar-refractivity contribution is 6.01. The number of likely N-dealkylation sites (tertiary alicyclic amines) is 1. The van der Waals surface area contributed by atoms with Crippen LogP contribution in [0.1, 0.15) is 115 Å². The quantitative estimate of drug-likeness (QED) is 0.0195. The highest BCUT2D eigenvalue weighted by Crippen LogP contribution is 2.22. The van der Waals surface area contributed by atoms with E-state index in [4.69, 9.17) is 5.73 Å². The molecule has 1 aliphatic heterocycles. The molecule has 0 radical (unpaired) electrons. The number of hydrogen-bond acceptors (Lipinski definition) is 26. The summed E-state index contributed by atoms with van der Waals surface area (Å²) in [5, 5.41) is 121. The van der Waals surface area contributed by atoms with Crippen molar-refractivity contribution in [3.63, 3.8) is 0 Å². The molecule has 5 rings (SSSR count). The van der Waals surface area contributed by atoms with Crippen LogP contribution in [0.4, 0.5) is 0 Å². The lowest BCUT2D eigenvalue weighted by molar-refractivity contribution is -0.143. The number of nitrogens with one attached hydrogen (secondary N) is 15. The molecule has 0 spiro atoms. The number of aliphatic hydroxyl groups excluding tert-OH is 4. The number of carboxylic acid groups (broad SMARTS) is 4. The molecule has 0 aliphatic carbocycles. The minimum Gasteiger partial charge on any atom is -0.508 e. The molecule has 0 unspecified atom stereocenters. The second kappa shape index (κ2) is 48.8. The first kappa shape index (κ1) is 99.5. The third-order valence-corrected chi connectivity index (χ3v) is 19.0. The van der Waals surface area contributed by atoms with E-state index < -0.39 is 274 Å². The Labute approximate surface area is 697 Å². The van der Waals surface area contributed by atoms with E-state index in [-0.39, 0.29) is 67.3 Å². The maximum Gasteiger partial charge on any atom is 0.326 e. The summed E-state index contributed by atoms with van der Waals surface area (Å²) in [4.78, 5) is 261. The van der Waals surface area contributed by atoms with Gasteiger partial charge in [-0.1, -0.05) is 70.2 Å². The second-order valence-electron chi connectivity index (χ2n) is 29.7. The van der Waals surface area contributed by atoms with Crippen LogP contribution in [0.15, 0.2) is 79.6 Å². The second-order valence-corrected chi connectivity index (χ2v) is 29.7. The standard InChI is InChI=1S/C76H107N19O27/c1-36(2)23-53(75(120)95-22-10-13-55(95)72(117)91-54(33-97)64(109)80-31-56(101)92-60(37(3)4)76(121)122)90-70(115)50(26-42-29-78-34-81-42)87-68(113)48(24-40-11-8-7-9-12-40)85-65(110)46(18-20-57(102)103)83-69(114)51(27-43-30-79-35-82-43)88-74(119)62(39(6)99)94-66(111)47(19-21-58(104)105)84-67(112)49(25-41-14-16-44(100)17-15-41)86-71(116)52(28-59(106)107)89-73(118)61(38(5)98)93-63(108)45(77)32-96/h7-9,11-12,14-17,29-30,34-39,45-55,60-62,96-100H,10,13,18-28,31-33,77H2,1-6H3,(H,78,81)(H,79,82)(H,80,109)(H,83,114)(H,84,112)(H,85,110)(H,86,116)(H,87,113)(H,88,119)(H,89,118)(H,90,115)(H,91,117)(H,92,101)(H,93,108)(H,94,111)(H,102,103)(H,104,105)(H,106,107)(H,121,122)/t38-,39-,45+,46+,47+,48+,49+,50+,51+,52+,53+,54+,55+,60+,61+,62+/m1/s1. The minimum absolute atomic E-state index is 0.0302. The Balaban J connectivity index is 1.41. The topological polar surface area (TPSA) is 732 Å². The number of aliphatic hydroxyl groups is 4. The molecule has 0 saturated carbocycles. The van der Waals surface area contributed by atoms with Crippen molar-refractivity contribution in [2.75, 3.05) is 26.3 Å². The summed E-state index contributed by atoms with van der Waals surface area (Å²) >= 11 is 0. The van der Waals surface area contributed by atoms with Crippen LogP contribution in [0.2, 0.25) is 0 Å². The van der Waals surface area contributed by atoms with E-state index in [2.05, 4.69) is 89.1 Å². The van der Waals surface area contributed by atoms with Gasteiger partial charge in [0, 0.05) is 57.5 Å². The third kappa shape index (κ3) is 32.6. The van der Waals surface area contributed by atoms with Crippen molar-refractivity contribution >= 4 is 107 Å². The molecule has 3 heterocycles. The zero-order valence-corrected chi connectivity index (χ0v) is 67.5. The summed E-state index contributed by atoms with van der Waals surface area (Å²) < 4.78 is 0. The lowest BCUT2D eigenvalue weighted by Gasteiger charge is -2.31. The first-order valence-electron chi connectivity index (χ1n) is 38.8. The zero-order valence-electron chi connectivity index (χ0n) is 67.5. The van der Waals surface area contributed by atoms with Crippen molar-refractivity contribution in [2.24, 2.45) is 17.6 Å². The molecular weight excluding hydrogens is 1610 g/mol. The maximum absolute atomic E-state index is 15.0. The molecule has 46 nitrogen and oxygen atoms in total. The first-order chi connectivity index (χ1) is 57.6. The number of aromatic amines is 2. The number of nitrogens with two attached hydrogens (primary N) is 1. The fourth-order valence-electron chi connectivity index (χ4n) is 12.5. The van der Waals surface area contributed by atoms with E-state index in [9.17, 15) is 127 Å². The van der Waals surface area contributed by atoms with Crippen molar-refractivity contribution in [1.82, 2.24) is 94.0 Å². The van der Waals surface area contributed by atoms with Gasteiger partial charge in [-0.2, -0.15) is 0 Å². The van der Waals surface area contributed by atoms with Crippen LogP contribution in [0.3, 0.4) is 0 Å². The molecule has 16 atom stereocenters. The molecule has 1 fully saturated rings. The fourth-order valence-corrected chi connectivity index (χ4v) is 12.5. The number of phenols is 1. The molecule has 4 aromatic rings. The van der Waals surface area contributed by atoms with Crippen LogP contribution in [0.5, 0.6) is 5.75 Å². The number of H-pyrrole nitrogens is 2. The van der Waals surface area contributed by atoms with Crippen molar-refractivity contribution in [3.05, 3.63) is 102 Å². The van der Waals surface area contributed by atoms with E-state index in [1.165, 1.54) is 54.2 Å². The summed E-state index contributed by atoms with van der Waals surface area (Å²) in [5.41, 5.74) is 6.34. The molecule has 26 N–H and O–H groups in total. The van der Waals surface area contributed by atoms with Gasteiger partial charge in [-0.3, -0.25) is 81.5 Å². The molecule has 1 aliphatic rings. The predicted octanol–water partition coefficient (Wildman–Crippen LogP) is -7.90. The average molecular weight is 1720 g/mol. The number of aliphatic carboxylic acids is 4. The first-order valence-corrected chi connectivity index (χ1v) is 38.8. The van der Waals surface area contributed by atoms with Crippen molar-refractivity contribution in [1.29, 1.82) is 0 Å². The zero-order chi connectivity index (χ0) is 90.8. The molecule has 2 aromatic carbocycles. The number of benzene rings is 2. The number of amides is 14. The predicted molar refractivity (Wildman–Crippen MR) is 421 cm³/mol. The van der Waals surface area contributed by atoms with Crippen molar-refractivity contribution in [3.8, 4) is 5.75 Å². The normalized spacial score (nSPS) is 16.1. The fraction of sp³-hybridized carbons (Fsp3) is 0.526. The molecule has 0 bridgehead atoms. The average Bonchev–Trinajstić information content (AvgIpc) is 1.65. The van der Waals surface area contributed by atoms with Gasteiger partial charge in [-0.05, 0) is 81.0 Å². The van der Waals surface area contributed by atoms with Crippen LogP contribution in [-0.4, -0.2) is 300 Å². The van der Waals surface area contributed by atoms with Gasteiger partial charge >= 0.3 is 23.9 Å². The Hall–Kier alpha value is -13.1. The number of carboxylic acids is 4. The van der Waals surface area contributed by atoms with Crippen molar-refractivity contribution < 1.29 is 132 Å². The Bertz CT molecular complexity index is 4270. The Morgan fingerprint density at radius 2 is 0.893 bits per heavy atom. The highest BCUT2D eigenvalue weighted by Gasteiger charge is 2.43. The molecule has 1 saturated heterocycles. The number of aromatic hydroxyl groups is 1. The molecule has 14 amide bonds. The van der Waals surface area contributed by atoms with Gasteiger partial charge in [-0.25, -0.2) is 14.8 Å². The largest absolute Gasteiger partial charge is 0.508 e. The van der Waals surface area contributed by atoms with E-state index in [1.54, 1.807) is 58.0 Å². The summed E-state index contributed by atoms with van der Waals surface area (Å²) in [6.45, 7) is 5.93. The van der Waals surface area contributed by atoms with Crippen LogP contribution in [-0.2, 0) is 112 Å². The van der Waals surface area contributed by atoms with Gasteiger partial charge in [0.2, 0.25) is 82.7 Å². The van der Waals surface area contributed by atoms with Gasteiger partial charge in [0.15, 0.2) is 0 Å². The van der Waals surface area contributed by atoms with E-state index >= 15 is 4.79 Å². The van der Waals surface area contributed by atoms with Crippen LogP contribution in [0.25, 0.3) is 0 Å². The lowest BCUT2D eigenvalue weighted by atomic mass is 10.0. The van der Waals surface area contributed by atoms with E-state index in [0.717, 1.165) is 13.8 Å². The molecule has 2 aromatic heterocycles. The van der Waals surface area contributed by atoms with Gasteiger partial charge in [0.25, 0.3) is 0 Å². The Morgan fingerprint density at radius 1 is 0.467 bits per heavy atom. The number of aromatic nitrogens is 4. The molecule has 668 valence electrons. The minimum atomic E-state index is -2.15. The number of carbonyl (C=O) groups excluding carboxylic acids is 14. The number of rotatable bonds is 51. The summed E-state index contributed by atoms with van der Waals surface area (Å²) in [7, 11) is 0. The van der Waals surface area contributed by atoms with Crippen molar-refractivity contribution in [2.45, 2.75) is 215 Å². The van der Waals surface area contributed by atoms with Gasteiger partial charge in [-0.15, -0.1) is 0 Å². The maximum atomic E-state index is 15.0. The lowest BCUT2D eigenvalue weighted by Crippen LogP contribution is -2.63. The summed E-state index contributed by atoms with van der Waals surface area (Å²) in [5.74, 6) is -23.3. The van der Waals surface area contributed by atoms with Crippen LogP contribution >= 0.6 is 0 Å². The number of carbonyl (C=O) groups is 18. The smallest absolute Gasteiger partial charge is 0.326 e. The van der Waals surface area contributed by atoms with Gasteiger partial charge < -0.3 is 136 Å². The number of nitrogens with zero attached hydrogens (tertiary/aromatic N) is 3. The van der Waals surface area contributed by atoms with E-state index in [0.29, 0.717) is 5.56 Å². The third-order valence-electron chi connectivity index (χ3n) is 19.0. The Kier molecular flexibility index (Phi) is 39.8. The van der Waals surface area contributed by atoms with Gasteiger partial charge in [0.05, 0.1) is 62.4 Å². The molecular formula is C76H107N19O27.